The molecule has 0 atom stereocenters. The lowest BCUT2D eigenvalue weighted by atomic mass is 10.3. The summed E-state index contributed by atoms with van der Waals surface area (Å²) in [5.74, 6) is 2.05. The van der Waals surface area contributed by atoms with Crippen molar-refractivity contribution >= 4 is 5.82 Å². The molecule has 0 amide bonds. The SMILES string of the molecule is CC(C)NCc1cccc(N(Cc2ccco2)C2CC2)n1. The van der Waals surface area contributed by atoms with Gasteiger partial charge < -0.3 is 14.6 Å². The number of nitrogens with zero attached hydrogens (tertiary/aromatic N) is 2. The van der Waals surface area contributed by atoms with Gasteiger partial charge in [0.2, 0.25) is 0 Å². The van der Waals surface area contributed by atoms with Gasteiger partial charge in [0.1, 0.15) is 11.6 Å². The van der Waals surface area contributed by atoms with Gasteiger partial charge in [-0.1, -0.05) is 19.9 Å². The van der Waals surface area contributed by atoms with Crippen LogP contribution in [0, 0.1) is 0 Å². The first kappa shape index (κ1) is 14.1. The Morgan fingerprint density at radius 3 is 2.81 bits per heavy atom. The molecule has 0 aliphatic heterocycles. The van der Waals surface area contributed by atoms with Crippen LogP contribution in [0.4, 0.5) is 5.82 Å². The molecule has 1 fully saturated rings. The molecule has 0 spiro atoms. The molecule has 0 unspecified atom stereocenters. The lowest BCUT2D eigenvalue weighted by Crippen LogP contribution is -2.27. The van der Waals surface area contributed by atoms with Gasteiger partial charge in [-0.2, -0.15) is 0 Å². The number of rotatable bonds is 7. The summed E-state index contributed by atoms with van der Waals surface area (Å²) in [6, 6.07) is 11.3. The zero-order valence-corrected chi connectivity index (χ0v) is 12.7. The third kappa shape index (κ3) is 3.85. The maximum Gasteiger partial charge on any atom is 0.129 e. The smallest absolute Gasteiger partial charge is 0.129 e. The van der Waals surface area contributed by atoms with E-state index in [4.69, 9.17) is 9.40 Å². The van der Waals surface area contributed by atoms with Crippen molar-refractivity contribution in [2.24, 2.45) is 0 Å². The minimum Gasteiger partial charge on any atom is -0.467 e. The van der Waals surface area contributed by atoms with E-state index < -0.39 is 0 Å². The molecule has 3 rings (SSSR count). The van der Waals surface area contributed by atoms with E-state index in [-0.39, 0.29) is 0 Å². The summed E-state index contributed by atoms with van der Waals surface area (Å²) in [4.78, 5) is 7.17. The predicted molar refractivity (Wildman–Crippen MR) is 84.1 cm³/mol. The van der Waals surface area contributed by atoms with E-state index in [0.29, 0.717) is 12.1 Å². The van der Waals surface area contributed by atoms with Crippen molar-refractivity contribution in [2.75, 3.05) is 4.90 Å². The topological polar surface area (TPSA) is 41.3 Å². The first-order chi connectivity index (χ1) is 10.2. The van der Waals surface area contributed by atoms with Crippen LogP contribution in [0.1, 0.15) is 38.1 Å². The predicted octanol–water partition coefficient (Wildman–Crippen LogP) is 3.34. The molecule has 4 nitrogen and oxygen atoms in total. The highest BCUT2D eigenvalue weighted by atomic mass is 16.3. The van der Waals surface area contributed by atoms with Gasteiger partial charge in [-0.25, -0.2) is 4.98 Å². The molecule has 112 valence electrons. The first-order valence-corrected chi connectivity index (χ1v) is 7.70. The van der Waals surface area contributed by atoms with Crippen molar-refractivity contribution in [1.82, 2.24) is 10.3 Å². The molecule has 0 bridgehead atoms. The van der Waals surface area contributed by atoms with Crippen LogP contribution in [0.25, 0.3) is 0 Å². The monoisotopic (exact) mass is 285 g/mol. The van der Waals surface area contributed by atoms with Gasteiger partial charge in [0.15, 0.2) is 0 Å². The number of aromatic nitrogens is 1. The van der Waals surface area contributed by atoms with Gasteiger partial charge >= 0.3 is 0 Å². The molecule has 1 aliphatic carbocycles. The van der Waals surface area contributed by atoms with Crippen LogP contribution in [-0.4, -0.2) is 17.1 Å². The van der Waals surface area contributed by atoms with E-state index in [9.17, 15) is 0 Å². The Kier molecular flexibility index (Phi) is 4.25. The Morgan fingerprint density at radius 1 is 1.29 bits per heavy atom. The van der Waals surface area contributed by atoms with Crippen molar-refractivity contribution in [2.45, 2.75) is 51.9 Å². The summed E-state index contributed by atoms with van der Waals surface area (Å²) >= 11 is 0. The van der Waals surface area contributed by atoms with Crippen molar-refractivity contribution < 1.29 is 4.42 Å². The molecular formula is C17H23N3O. The highest BCUT2D eigenvalue weighted by molar-refractivity contribution is 5.42. The molecule has 0 aromatic carbocycles. The minimum atomic E-state index is 0.470. The largest absolute Gasteiger partial charge is 0.467 e. The maximum absolute atomic E-state index is 5.49. The quantitative estimate of drug-likeness (QED) is 0.847. The Labute approximate surface area is 126 Å². The molecule has 0 saturated heterocycles. The lowest BCUT2D eigenvalue weighted by Gasteiger charge is -2.23. The zero-order chi connectivity index (χ0) is 14.7. The first-order valence-electron chi connectivity index (χ1n) is 7.70. The lowest BCUT2D eigenvalue weighted by molar-refractivity contribution is 0.500. The summed E-state index contributed by atoms with van der Waals surface area (Å²) in [7, 11) is 0. The summed E-state index contributed by atoms with van der Waals surface area (Å²) in [6.07, 6.45) is 4.23. The van der Waals surface area contributed by atoms with Gasteiger partial charge in [-0.15, -0.1) is 0 Å². The maximum atomic E-state index is 5.49. The minimum absolute atomic E-state index is 0.470. The van der Waals surface area contributed by atoms with Gasteiger partial charge in [-0.3, -0.25) is 0 Å². The van der Waals surface area contributed by atoms with Gasteiger partial charge in [0.05, 0.1) is 18.5 Å². The molecule has 0 radical (unpaired) electrons. The van der Waals surface area contributed by atoms with E-state index in [0.717, 1.165) is 30.4 Å². The fraction of sp³-hybridized carbons (Fsp3) is 0.471. The molecule has 2 aromatic heterocycles. The summed E-state index contributed by atoms with van der Waals surface area (Å²) in [5.41, 5.74) is 1.09. The van der Waals surface area contributed by atoms with Crippen LogP contribution in [0.5, 0.6) is 0 Å². The van der Waals surface area contributed by atoms with Crippen molar-refractivity contribution in [3.63, 3.8) is 0 Å². The van der Waals surface area contributed by atoms with Crippen LogP contribution < -0.4 is 10.2 Å². The van der Waals surface area contributed by atoms with Crippen molar-refractivity contribution in [1.29, 1.82) is 0 Å². The van der Waals surface area contributed by atoms with Crippen LogP contribution in [0.2, 0.25) is 0 Å². The van der Waals surface area contributed by atoms with Crippen LogP contribution in [0.3, 0.4) is 0 Å². The Balaban J connectivity index is 1.74. The van der Waals surface area contributed by atoms with Crippen molar-refractivity contribution in [3.8, 4) is 0 Å². The number of hydrogen-bond acceptors (Lipinski definition) is 4. The molecule has 1 aliphatic rings. The van der Waals surface area contributed by atoms with Crippen LogP contribution in [-0.2, 0) is 13.1 Å². The zero-order valence-electron chi connectivity index (χ0n) is 12.7. The average Bonchev–Trinajstić information content (AvgIpc) is 3.19. The third-order valence-electron chi connectivity index (χ3n) is 3.67. The molecule has 1 N–H and O–H groups in total. The van der Waals surface area contributed by atoms with E-state index in [1.54, 1.807) is 6.26 Å². The van der Waals surface area contributed by atoms with E-state index >= 15 is 0 Å². The van der Waals surface area contributed by atoms with Crippen molar-refractivity contribution in [3.05, 3.63) is 48.0 Å². The summed E-state index contributed by atoms with van der Waals surface area (Å²) < 4.78 is 5.49. The number of nitrogens with one attached hydrogen (secondary N) is 1. The Morgan fingerprint density at radius 2 is 2.14 bits per heavy atom. The van der Waals surface area contributed by atoms with E-state index in [1.807, 2.05) is 12.1 Å². The average molecular weight is 285 g/mol. The summed E-state index contributed by atoms with van der Waals surface area (Å²) in [6.45, 7) is 5.91. The number of furan rings is 1. The summed E-state index contributed by atoms with van der Waals surface area (Å²) in [5, 5.41) is 3.42. The van der Waals surface area contributed by atoms with Gasteiger partial charge in [0.25, 0.3) is 0 Å². The highest BCUT2D eigenvalue weighted by Crippen LogP contribution is 2.32. The number of anilines is 1. The molecule has 4 heteroatoms. The van der Waals surface area contributed by atoms with Crippen LogP contribution >= 0.6 is 0 Å². The van der Waals surface area contributed by atoms with Gasteiger partial charge in [-0.05, 0) is 37.1 Å². The normalized spacial score (nSPS) is 14.6. The molecule has 1 saturated carbocycles. The third-order valence-corrected chi connectivity index (χ3v) is 3.67. The highest BCUT2D eigenvalue weighted by Gasteiger charge is 2.30. The number of pyridine rings is 1. The second-order valence-electron chi connectivity index (χ2n) is 5.96. The second kappa shape index (κ2) is 6.31. The second-order valence-corrected chi connectivity index (χ2v) is 5.96. The van der Waals surface area contributed by atoms with Gasteiger partial charge in [0, 0.05) is 18.6 Å². The standard InChI is InChI=1S/C17H23N3O/c1-13(2)18-11-14-5-3-7-17(19-14)20(15-8-9-15)12-16-6-4-10-21-16/h3-7,10,13,15,18H,8-9,11-12H2,1-2H3. The van der Waals surface area contributed by atoms with E-state index in [1.165, 1.54) is 12.8 Å². The Bertz CT molecular complexity index is 561. The fourth-order valence-electron chi connectivity index (χ4n) is 2.39. The fourth-order valence-corrected chi connectivity index (χ4v) is 2.39. The Hall–Kier alpha value is -1.81. The number of hydrogen-bond donors (Lipinski definition) is 1. The molecular weight excluding hydrogens is 262 g/mol. The molecule has 2 aromatic rings. The molecule has 21 heavy (non-hydrogen) atoms. The van der Waals surface area contributed by atoms with E-state index in [2.05, 4.69) is 42.3 Å². The molecule has 2 heterocycles. The van der Waals surface area contributed by atoms with Crippen LogP contribution in [0.15, 0.2) is 41.0 Å².